The third kappa shape index (κ3) is 19.7. The molecule has 0 aliphatic rings. The summed E-state index contributed by atoms with van der Waals surface area (Å²) in [4.78, 5) is 35.2. The van der Waals surface area contributed by atoms with Crippen LogP contribution in [0.4, 0.5) is 23.3 Å². The first-order valence-corrected chi connectivity index (χ1v) is 34.8. The van der Waals surface area contributed by atoms with Crippen molar-refractivity contribution in [3.63, 3.8) is 0 Å². The van der Waals surface area contributed by atoms with E-state index < -0.39 is 0 Å². The van der Waals surface area contributed by atoms with Crippen LogP contribution >= 0.6 is 0 Å². The maximum atomic E-state index is 9.77. The second-order valence-corrected chi connectivity index (χ2v) is 26.4. The highest BCUT2D eigenvalue weighted by Gasteiger charge is 2.19. The average molecular weight is 1410 g/mol. The van der Waals surface area contributed by atoms with Crippen LogP contribution in [0, 0.1) is 61.3 Å². The van der Waals surface area contributed by atoms with Crippen LogP contribution in [0.2, 0.25) is 0 Å². The molecular formula is C76H96N24O4. The number of imidazole rings is 4. The van der Waals surface area contributed by atoms with E-state index in [1.165, 1.54) is 0 Å². The van der Waals surface area contributed by atoms with Crippen molar-refractivity contribution in [1.82, 2.24) is 98.9 Å². The molecule has 28 nitrogen and oxygen atoms in total. The van der Waals surface area contributed by atoms with E-state index >= 15 is 0 Å². The molecule has 12 heterocycles. The number of aliphatic hydroxyl groups excluding tert-OH is 4. The highest BCUT2D eigenvalue weighted by molar-refractivity contribution is 5.64. The largest absolute Gasteiger partial charge is 0.390 e. The molecule has 0 saturated heterocycles. The van der Waals surface area contributed by atoms with E-state index in [1.54, 1.807) is 25.3 Å². The Hall–Kier alpha value is -11.2. The van der Waals surface area contributed by atoms with Crippen molar-refractivity contribution >= 4 is 23.3 Å². The summed E-state index contributed by atoms with van der Waals surface area (Å²) in [7, 11) is 0. The van der Waals surface area contributed by atoms with Crippen molar-refractivity contribution < 1.29 is 20.4 Å². The lowest BCUT2D eigenvalue weighted by Gasteiger charge is -2.19. The fourth-order valence-corrected chi connectivity index (χ4v) is 10.5. The van der Waals surface area contributed by atoms with Gasteiger partial charge in [-0.15, -0.1) is 40.8 Å². The van der Waals surface area contributed by atoms with Crippen LogP contribution in [0.1, 0.15) is 143 Å². The third-order valence-electron chi connectivity index (χ3n) is 17.1. The van der Waals surface area contributed by atoms with Gasteiger partial charge in [-0.1, -0.05) is 27.7 Å². The third-order valence-corrected chi connectivity index (χ3v) is 17.1. The second kappa shape index (κ2) is 35.6. The molecule has 0 aromatic carbocycles. The van der Waals surface area contributed by atoms with Gasteiger partial charge in [0.1, 0.15) is 22.8 Å². The Kier molecular flexibility index (Phi) is 26.3. The number of aromatic nitrogens is 20. The minimum Gasteiger partial charge on any atom is -0.390 e. The Morgan fingerprint density at radius 1 is 0.327 bits per heavy atom. The first-order valence-electron chi connectivity index (χ1n) is 34.8. The Labute approximate surface area is 607 Å². The Morgan fingerprint density at radius 3 is 0.779 bits per heavy atom. The lowest BCUT2D eigenvalue weighted by Crippen LogP contribution is -2.23. The predicted molar refractivity (Wildman–Crippen MR) is 405 cm³/mol. The quantitative estimate of drug-likeness (QED) is 0.0295. The predicted octanol–water partition coefficient (Wildman–Crippen LogP) is 12.0. The van der Waals surface area contributed by atoms with Crippen molar-refractivity contribution in [3.8, 4) is 68.3 Å². The summed E-state index contributed by atoms with van der Waals surface area (Å²) >= 11 is 0. The minimum absolute atomic E-state index is 0.166. The topological polar surface area (TPSA) is 355 Å². The molecule has 12 aromatic rings. The zero-order valence-electron chi connectivity index (χ0n) is 62.4. The standard InChI is InChI=1S/C20H26N6O.2C19H24N6O.C18H22N6O/c1-12(2)15(5)22-20-13(3)8-17(24-25-20)16-6-7-19(18(10-27)23-16)26-9-14(4)21-11-26;2*1-5-13(3)21-19-12(2)8-16(23-24-19)15-6-7-18(17(10-26)22-15)25-9-14(4)20-11-25;1-11(2)20-18-12(3)7-15(22-23-18)14-5-6-17(16(9-25)21-14)24-8-13(4)19-10-24/h6-9,11-12,15,27H,10H2,1-5H3,(H,22,25);2*6-9,11,13,26H,5,10H2,1-4H3,(H,21,24);5-8,10-11,25H,9H2,1-4H3,(H,20,23)/t15-;2*13-;/m100./s1. The molecule has 12 aromatic heterocycles. The highest BCUT2D eigenvalue weighted by atomic mass is 16.3. The number of rotatable bonds is 23. The monoisotopic (exact) mass is 1410 g/mol. The smallest absolute Gasteiger partial charge is 0.151 e. The van der Waals surface area contributed by atoms with Gasteiger partial charge in [0.15, 0.2) is 23.3 Å². The van der Waals surface area contributed by atoms with Gasteiger partial charge in [0, 0.05) is 49.0 Å². The van der Waals surface area contributed by atoms with E-state index in [0.717, 1.165) is 104 Å². The van der Waals surface area contributed by atoms with E-state index in [-0.39, 0.29) is 32.5 Å². The van der Waals surface area contributed by atoms with Gasteiger partial charge in [0.05, 0.1) is 143 Å². The molecular weight excluding hydrogens is 1310 g/mol. The molecule has 12 rings (SSSR count). The van der Waals surface area contributed by atoms with E-state index in [0.29, 0.717) is 92.4 Å². The second-order valence-electron chi connectivity index (χ2n) is 26.4. The number of nitrogens with zero attached hydrogens (tertiary/aromatic N) is 20. The molecule has 0 aliphatic heterocycles. The molecule has 3 atom stereocenters. The normalized spacial score (nSPS) is 12.0. The van der Waals surface area contributed by atoms with Gasteiger partial charge in [-0.05, 0) is 204 Å². The fourth-order valence-electron chi connectivity index (χ4n) is 10.5. The van der Waals surface area contributed by atoms with Gasteiger partial charge < -0.3 is 60.0 Å². The van der Waals surface area contributed by atoms with E-state index in [4.69, 9.17) is 0 Å². The number of anilines is 4. The number of hydrogen-bond acceptors (Lipinski definition) is 24. The van der Waals surface area contributed by atoms with Crippen LogP contribution in [0.3, 0.4) is 0 Å². The molecule has 0 unspecified atom stereocenters. The van der Waals surface area contributed by atoms with Crippen LogP contribution in [-0.2, 0) is 26.4 Å². The minimum atomic E-state index is -0.168. The molecule has 0 saturated carbocycles. The number of hydrogen-bond donors (Lipinski definition) is 8. The molecule has 28 heteroatoms. The summed E-state index contributed by atoms with van der Waals surface area (Å²) in [6, 6.07) is 24.3. The van der Waals surface area contributed by atoms with Gasteiger partial charge in [0.2, 0.25) is 0 Å². The zero-order valence-corrected chi connectivity index (χ0v) is 62.4. The Balaban J connectivity index is 0.000000161. The summed E-state index contributed by atoms with van der Waals surface area (Å²) < 4.78 is 7.42. The molecule has 0 radical (unpaired) electrons. The molecule has 0 aliphatic carbocycles. The molecule has 0 spiro atoms. The van der Waals surface area contributed by atoms with Gasteiger partial charge in [-0.2, -0.15) is 0 Å². The van der Waals surface area contributed by atoms with Gasteiger partial charge >= 0.3 is 0 Å². The SMILES string of the molecule is CC[C@H](C)Nc1nnc(-c2ccc(-n3cnc(C)c3)c(CO)n2)cc1C.CC[C@H](C)Nc1nnc(-c2ccc(-n3cnc(C)c3)c(CO)n2)cc1C.Cc1cn(-c2ccc(-c3cc(C)c(NC(C)C)nn3)nc2CO)cn1.Cc1cn(-c2ccc(-c3cc(C)c(N[C@H](C)C(C)C)nn3)nc2CO)cn1. The maximum absolute atomic E-state index is 9.77. The van der Waals surface area contributed by atoms with E-state index in [1.807, 2.05) is 171 Å². The van der Waals surface area contributed by atoms with Crippen molar-refractivity contribution in [2.75, 3.05) is 21.3 Å². The maximum Gasteiger partial charge on any atom is 0.151 e. The summed E-state index contributed by atoms with van der Waals surface area (Å²) in [5.41, 5.74) is 18.6. The van der Waals surface area contributed by atoms with Crippen molar-refractivity contribution in [2.45, 2.75) is 181 Å². The Morgan fingerprint density at radius 2 is 0.577 bits per heavy atom. The molecule has 0 amide bonds. The number of aliphatic hydroxyl groups is 4. The van der Waals surface area contributed by atoms with Crippen LogP contribution in [0.15, 0.2) is 123 Å². The average Bonchev–Trinajstić information content (AvgIpc) is 1.35. The molecule has 0 fully saturated rings. The molecule has 8 N–H and O–H groups in total. The van der Waals surface area contributed by atoms with Crippen LogP contribution in [-0.4, -0.2) is 144 Å². The number of nitrogens with one attached hydrogen (secondary N) is 4. The summed E-state index contributed by atoms with van der Waals surface area (Å²) in [5, 5.41) is 86.7. The number of pyridine rings is 4. The lowest BCUT2D eigenvalue weighted by molar-refractivity contribution is 0.276. The van der Waals surface area contributed by atoms with Gasteiger partial charge in [0.25, 0.3) is 0 Å². The van der Waals surface area contributed by atoms with Gasteiger partial charge in [-0.25, -0.2) is 39.9 Å². The number of aryl methyl sites for hydroxylation is 8. The van der Waals surface area contributed by atoms with Gasteiger partial charge in [-0.3, -0.25) is 0 Å². The molecule has 104 heavy (non-hydrogen) atoms. The van der Waals surface area contributed by atoms with Crippen molar-refractivity contribution in [1.29, 1.82) is 0 Å². The summed E-state index contributed by atoms with van der Waals surface area (Å²) in [6.07, 6.45) is 16.5. The van der Waals surface area contributed by atoms with E-state index in [2.05, 4.69) is 164 Å². The zero-order chi connectivity index (χ0) is 74.9. The van der Waals surface area contributed by atoms with Crippen molar-refractivity contribution in [2.24, 2.45) is 5.92 Å². The lowest BCUT2D eigenvalue weighted by atomic mass is 10.1. The summed E-state index contributed by atoms with van der Waals surface area (Å²) in [5.74, 6) is 3.63. The summed E-state index contributed by atoms with van der Waals surface area (Å²) in [6.45, 7) is 34.0. The van der Waals surface area contributed by atoms with Crippen LogP contribution in [0.5, 0.6) is 0 Å². The molecule has 544 valence electrons. The highest BCUT2D eigenvalue weighted by Crippen LogP contribution is 2.29. The Bertz CT molecular complexity index is 4680. The fraction of sp³-hybridized carbons (Fsp3) is 0.368. The van der Waals surface area contributed by atoms with Crippen LogP contribution in [0.25, 0.3) is 68.3 Å². The molecule has 0 bridgehead atoms. The van der Waals surface area contributed by atoms with E-state index in [9.17, 15) is 20.4 Å². The first kappa shape index (κ1) is 77.0. The van der Waals surface area contributed by atoms with Crippen molar-refractivity contribution in [3.05, 3.63) is 191 Å². The first-order chi connectivity index (χ1) is 49.9. The van der Waals surface area contributed by atoms with Crippen LogP contribution < -0.4 is 21.3 Å².